The molecule has 4 heteroatoms. The Morgan fingerprint density at radius 3 is 2.65 bits per heavy atom. The number of anilines is 1. The molecule has 0 saturated heterocycles. The molecule has 20 heavy (non-hydrogen) atoms. The summed E-state index contributed by atoms with van der Waals surface area (Å²) in [6, 6.07) is 7.73. The van der Waals surface area contributed by atoms with Gasteiger partial charge >= 0.3 is 0 Å². The van der Waals surface area contributed by atoms with Crippen LogP contribution < -0.4 is 5.32 Å². The van der Waals surface area contributed by atoms with Gasteiger partial charge < -0.3 is 5.32 Å². The summed E-state index contributed by atoms with van der Waals surface area (Å²) < 4.78 is 0. The predicted molar refractivity (Wildman–Crippen MR) is 89.0 cm³/mol. The molecule has 1 atom stereocenters. The lowest BCUT2D eigenvalue weighted by atomic mass is 9.99. The fourth-order valence-electron chi connectivity index (χ4n) is 2.45. The predicted octanol–water partition coefficient (Wildman–Crippen LogP) is 5.34. The van der Waals surface area contributed by atoms with Crippen molar-refractivity contribution in [3.05, 3.63) is 35.5 Å². The van der Waals surface area contributed by atoms with Gasteiger partial charge in [0.2, 0.25) is 0 Å². The molecule has 108 valence electrons. The van der Waals surface area contributed by atoms with Crippen LogP contribution in [-0.2, 0) is 0 Å². The van der Waals surface area contributed by atoms with Crippen molar-refractivity contribution in [3.63, 3.8) is 0 Å². The zero-order valence-electron chi connectivity index (χ0n) is 11.9. The Kier molecular flexibility index (Phi) is 5.50. The number of hydrogen-bond acceptors (Lipinski definition) is 2. The van der Waals surface area contributed by atoms with E-state index in [0.29, 0.717) is 10.9 Å². The summed E-state index contributed by atoms with van der Waals surface area (Å²) in [6.45, 7) is 5.14. The molecule has 0 fully saturated rings. The van der Waals surface area contributed by atoms with Crippen LogP contribution in [0.2, 0.25) is 5.02 Å². The van der Waals surface area contributed by atoms with Crippen LogP contribution in [0.1, 0.15) is 26.7 Å². The van der Waals surface area contributed by atoms with Crippen molar-refractivity contribution in [1.82, 2.24) is 4.98 Å². The third kappa shape index (κ3) is 3.56. The van der Waals surface area contributed by atoms with E-state index in [1.165, 1.54) is 0 Å². The Morgan fingerprint density at radius 2 is 1.95 bits per heavy atom. The van der Waals surface area contributed by atoms with Crippen molar-refractivity contribution in [3.8, 4) is 0 Å². The summed E-state index contributed by atoms with van der Waals surface area (Å²) in [4.78, 5) is 4.34. The van der Waals surface area contributed by atoms with Crippen LogP contribution in [0.25, 0.3) is 10.9 Å². The molecule has 0 saturated carbocycles. The Balaban J connectivity index is 2.14. The average molecular weight is 311 g/mol. The van der Waals surface area contributed by atoms with Crippen LogP contribution in [0, 0.1) is 5.92 Å². The molecule has 1 aromatic carbocycles. The number of aromatic nitrogens is 1. The van der Waals surface area contributed by atoms with E-state index in [2.05, 4.69) is 24.1 Å². The summed E-state index contributed by atoms with van der Waals surface area (Å²) >= 11 is 12.5. The zero-order chi connectivity index (χ0) is 14.5. The molecule has 1 aromatic heterocycles. The van der Waals surface area contributed by atoms with Gasteiger partial charge in [0, 0.05) is 28.8 Å². The third-order valence-corrected chi connectivity index (χ3v) is 4.50. The lowest BCUT2D eigenvalue weighted by Crippen LogP contribution is -2.22. The van der Waals surface area contributed by atoms with Gasteiger partial charge in [-0.05, 0) is 30.2 Å². The maximum Gasteiger partial charge on any atom is 0.0737 e. The lowest BCUT2D eigenvalue weighted by Gasteiger charge is -2.20. The van der Waals surface area contributed by atoms with Gasteiger partial charge in [-0.3, -0.25) is 4.98 Å². The standard InChI is InChI=1S/C16H20Cl2N2/c1-3-11(4-2)14(18)10-20-15-7-8-19-16-9-12(17)5-6-13(15)16/h5-9,11,14H,3-4,10H2,1-2H3,(H,19,20). The Hall–Kier alpha value is -0.990. The van der Waals surface area contributed by atoms with Crippen molar-refractivity contribution in [2.45, 2.75) is 32.1 Å². The largest absolute Gasteiger partial charge is 0.383 e. The molecule has 1 heterocycles. The highest BCUT2D eigenvalue weighted by molar-refractivity contribution is 6.31. The van der Waals surface area contributed by atoms with E-state index < -0.39 is 0 Å². The van der Waals surface area contributed by atoms with Gasteiger partial charge in [-0.2, -0.15) is 0 Å². The van der Waals surface area contributed by atoms with Gasteiger partial charge in [-0.1, -0.05) is 38.3 Å². The molecule has 2 nitrogen and oxygen atoms in total. The van der Waals surface area contributed by atoms with Crippen LogP contribution in [0.4, 0.5) is 5.69 Å². The summed E-state index contributed by atoms with van der Waals surface area (Å²) in [5.74, 6) is 0.548. The van der Waals surface area contributed by atoms with E-state index in [1.54, 1.807) is 6.20 Å². The number of fused-ring (bicyclic) bond motifs is 1. The van der Waals surface area contributed by atoms with Crippen molar-refractivity contribution >= 4 is 39.8 Å². The molecule has 0 spiro atoms. The average Bonchev–Trinajstić information content (AvgIpc) is 2.45. The van der Waals surface area contributed by atoms with Crippen LogP contribution in [0.5, 0.6) is 0 Å². The number of nitrogens with one attached hydrogen (secondary N) is 1. The minimum atomic E-state index is 0.139. The van der Waals surface area contributed by atoms with Gasteiger partial charge in [-0.25, -0.2) is 0 Å². The molecule has 0 aliphatic carbocycles. The molecular weight excluding hydrogens is 291 g/mol. The van der Waals surface area contributed by atoms with E-state index in [4.69, 9.17) is 23.2 Å². The highest BCUT2D eigenvalue weighted by Gasteiger charge is 2.15. The Labute approximate surface area is 130 Å². The summed E-state index contributed by atoms with van der Waals surface area (Å²) in [7, 11) is 0. The number of rotatable bonds is 6. The van der Waals surface area contributed by atoms with E-state index in [1.807, 2.05) is 24.3 Å². The van der Waals surface area contributed by atoms with Gasteiger partial charge in [0.05, 0.1) is 10.9 Å². The van der Waals surface area contributed by atoms with Crippen molar-refractivity contribution in [2.75, 3.05) is 11.9 Å². The van der Waals surface area contributed by atoms with Crippen LogP contribution in [0.3, 0.4) is 0 Å². The molecule has 2 aromatic rings. The molecule has 0 aliphatic rings. The monoisotopic (exact) mass is 310 g/mol. The second-order valence-electron chi connectivity index (χ2n) is 4.99. The number of pyridine rings is 1. The lowest BCUT2D eigenvalue weighted by molar-refractivity contribution is 0.475. The van der Waals surface area contributed by atoms with Gasteiger partial charge in [0.15, 0.2) is 0 Å². The third-order valence-electron chi connectivity index (χ3n) is 3.75. The maximum atomic E-state index is 6.47. The summed E-state index contributed by atoms with van der Waals surface area (Å²) in [6.07, 6.45) is 4.01. The quantitative estimate of drug-likeness (QED) is 0.728. The van der Waals surface area contributed by atoms with Gasteiger partial charge in [0.25, 0.3) is 0 Å². The highest BCUT2D eigenvalue weighted by Crippen LogP contribution is 2.25. The first kappa shape index (κ1) is 15.4. The number of nitrogens with zero attached hydrogens (tertiary/aromatic N) is 1. The van der Waals surface area contributed by atoms with Crippen LogP contribution >= 0.6 is 23.2 Å². The normalized spacial score (nSPS) is 12.8. The Bertz CT molecular complexity index is 567. The molecule has 1 N–H and O–H groups in total. The van der Waals surface area contributed by atoms with Gasteiger partial charge in [-0.15, -0.1) is 11.6 Å². The molecule has 0 aliphatic heterocycles. The van der Waals surface area contributed by atoms with E-state index >= 15 is 0 Å². The minimum Gasteiger partial charge on any atom is -0.383 e. The van der Waals surface area contributed by atoms with Crippen molar-refractivity contribution in [1.29, 1.82) is 0 Å². The van der Waals surface area contributed by atoms with Crippen LogP contribution in [-0.4, -0.2) is 16.9 Å². The molecule has 0 amide bonds. The fourth-order valence-corrected chi connectivity index (χ4v) is 3.05. The molecule has 2 rings (SSSR count). The number of halogens is 2. The second kappa shape index (κ2) is 7.14. The number of hydrogen-bond donors (Lipinski definition) is 1. The minimum absolute atomic E-state index is 0.139. The fraction of sp³-hybridized carbons (Fsp3) is 0.438. The van der Waals surface area contributed by atoms with Crippen LogP contribution in [0.15, 0.2) is 30.5 Å². The van der Waals surface area contributed by atoms with Gasteiger partial charge in [0.1, 0.15) is 0 Å². The van der Waals surface area contributed by atoms with Crippen molar-refractivity contribution < 1.29 is 0 Å². The number of benzene rings is 1. The second-order valence-corrected chi connectivity index (χ2v) is 5.99. The summed E-state index contributed by atoms with van der Waals surface area (Å²) in [5.41, 5.74) is 1.96. The molecular formula is C16H20Cl2N2. The van der Waals surface area contributed by atoms with Crippen molar-refractivity contribution in [2.24, 2.45) is 5.92 Å². The summed E-state index contributed by atoms with van der Waals surface area (Å²) in [5, 5.41) is 5.36. The molecule has 1 unspecified atom stereocenters. The van der Waals surface area contributed by atoms with E-state index in [-0.39, 0.29) is 5.38 Å². The smallest absolute Gasteiger partial charge is 0.0737 e. The zero-order valence-corrected chi connectivity index (χ0v) is 13.4. The SMILES string of the molecule is CCC(CC)C(Cl)CNc1ccnc2cc(Cl)ccc12. The Morgan fingerprint density at radius 1 is 1.20 bits per heavy atom. The van der Waals surface area contributed by atoms with E-state index in [0.717, 1.165) is 36.0 Å². The topological polar surface area (TPSA) is 24.9 Å². The maximum absolute atomic E-state index is 6.47. The van der Waals surface area contributed by atoms with E-state index in [9.17, 15) is 0 Å². The first-order chi connectivity index (χ1) is 9.65. The highest BCUT2D eigenvalue weighted by atomic mass is 35.5. The molecule has 0 bridgehead atoms. The first-order valence-corrected chi connectivity index (χ1v) is 7.89. The molecule has 0 radical (unpaired) electrons. The first-order valence-electron chi connectivity index (χ1n) is 7.07. The number of alkyl halides is 1.